The van der Waals surface area contributed by atoms with E-state index in [0.717, 1.165) is 18.9 Å². The van der Waals surface area contributed by atoms with Crippen molar-refractivity contribution in [2.24, 2.45) is 5.73 Å². The van der Waals surface area contributed by atoms with Crippen molar-refractivity contribution >= 4 is 23.4 Å². The topological polar surface area (TPSA) is 136 Å². The molecule has 1 aliphatic heterocycles. The van der Waals surface area contributed by atoms with Crippen molar-refractivity contribution in [3.8, 4) is 5.69 Å². The number of likely N-dealkylation sites (tertiary alicyclic amines) is 1. The monoisotopic (exact) mass is 470 g/mol. The second-order valence-electron chi connectivity index (χ2n) is 8.28. The predicted molar refractivity (Wildman–Crippen MR) is 120 cm³/mol. The Bertz CT molecular complexity index is 1150. The Morgan fingerprint density at radius 3 is 2.62 bits per heavy atom. The molecule has 1 aromatic carbocycles. The highest BCUT2D eigenvalue weighted by atomic mass is 19.1. The van der Waals surface area contributed by atoms with Crippen LogP contribution in [-0.2, 0) is 19.1 Å². The van der Waals surface area contributed by atoms with E-state index in [-0.39, 0.29) is 42.9 Å². The molecule has 1 saturated heterocycles. The molecule has 1 radical (unpaired) electrons. The van der Waals surface area contributed by atoms with E-state index < -0.39 is 29.8 Å². The van der Waals surface area contributed by atoms with Gasteiger partial charge in [0.1, 0.15) is 12.4 Å². The molecule has 1 aliphatic carbocycles. The first-order chi connectivity index (χ1) is 16.3. The lowest BCUT2D eigenvalue weighted by Gasteiger charge is -2.21. The van der Waals surface area contributed by atoms with Crippen LogP contribution >= 0.6 is 0 Å². The lowest BCUT2D eigenvalue weighted by atomic mass is 10.2. The van der Waals surface area contributed by atoms with Crippen molar-refractivity contribution in [1.29, 1.82) is 0 Å². The summed E-state index contributed by atoms with van der Waals surface area (Å²) in [5.74, 6) is -2.18. The van der Waals surface area contributed by atoms with E-state index in [2.05, 4.69) is 10.6 Å². The zero-order valence-corrected chi connectivity index (χ0v) is 18.3. The summed E-state index contributed by atoms with van der Waals surface area (Å²) in [7, 11) is 0. The van der Waals surface area contributed by atoms with E-state index in [1.165, 1.54) is 33.9 Å². The zero-order chi connectivity index (χ0) is 24.2. The second kappa shape index (κ2) is 10.1. The van der Waals surface area contributed by atoms with Gasteiger partial charge in [0.2, 0.25) is 17.7 Å². The fraction of sp³-hybridized carbons (Fsp3) is 0.348. The van der Waals surface area contributed by atoms with Gasteiger partial charge in [-0.3, -0.25) is 28.6 Å². The van der Waals surface area contributed by atoms with Crippen LogP contribution in [-0.4, -0.2) is 65.1 Å². The molecule has 179 valence electrons. The predicted octanol–water partition coefficient (Wildman–Crippen LogP) is -0.0473. The molecule has 0 spiro atoms. The Morgan fingerprint density at radius 1 is 1.15 bits per heavy atom. The fourth-order valence-electron chi connectivity index (χ4n) is 3.73. The Hall–Kier alpha value is -3.57. The minimum Gasteiger partial charge on any atom is -0.368 e. The number of aromatic nitrogens is 1. The van der Waals surface area contributed by atoms with Gasteiger partial charge in [-0.25, -0.2) is 4.39 Å². The molecular formula is C23H25FN5O5. The SMILES string of the molecule is NC(=O)C1[CH][C@H](OCC(=O)NC2CC2)CN1CC(=O)Nc1ccc(-n2ccccc2=O)cc1F. The van der Waals surface area contributed by atoms with Gasteiger partial charge in [0.15, 0.2) is 0 Å². The number of pyridine rings is 1. The zero-order valence-electron chi connectivity index (χ0n) is 18.3. The van der Waals surface area contributed by atoms with Gasteiger partial charge in [0.05, 0.1) is 30.1 Å². The van der Waals surface area contributed by atoms with Crippen LogP contribution in [0, 0.1) is 12.2 Å². The van der Waals surface area contributed by atoms with Crippen LogP contribution in [0.5, 0.6) is 0 Å². The Balaban J connectivity index is 1.34. The first kappa shape index (κ1) is 23.6. The molecule has 4 N–H and O–H groups in total. The summed E-state index contributed by atoms with van der Waals surface area (Å²) >= 11 is 0. The van der Waals surface area contributed by atoms with Gasteiger partial charge in [-0.1, -0.05) is 6.07 Å². The highest BCUT2D eigenvalue weighted by molar-refractivity contribution is 5.93. The number of nitrogens with two attached hydrogens (primary N) is 1. The van der Waals surface area contributed by atoms with Crippen LogP contribution in [0.25, 0.3) is 5.69 Å². The van der Waals surface area contributed by atoms with Gasteiger partial charge in [0, 0.05) is 37.3 Å². The number of primary amides is 1. The van der Waals surface area contributed by atoms with Crippen molar-refractivity contribution in [2.75, 3.05) is 25.0 Å². The van der Waals surface area contributed by atoms with Gasteiger partial charge in [-0.05, 0) is 31.0 Å². The molecular weight excluding hydrogens is 445 g/mol. The maximum absolute atomic E-state index is 14.6. The fourth-order valence-corrected chi connectivity index (χ4v) is 3.73. The average Bonchev–Trinajstić information content (AvgIpc) is 3.51. The number of benzene rings is 1. The molecule has 2 aliphatic rings. The summed E-state index contributed by atoms with van der Waals surface area (Å²) in [5.41, 5.74) is 5.38. The summed E-state index contributed by atoms with van der Waals surface area (Å²) in [4.78, 5) is 49.6. The van der Waals surface area contributed by atoms with Gasteiger partial charge in [-0.15, -0.1) is 0 Å². The summed E-state index contributed by atoms with van der Waals surface area (Å²) in [6, 6.07) is 7.94. The van der Waals surface area contributed by atoms with Crippen molar-refractivity contribution in [2.45, 2.75) is 31.0 Å². The number of halogens is 1. The van der Waals surface area contributed by atoms with Gasteiger partial charge < -0.3 is 21.1 Å². The van der Waals surface area contributed by atoms with Crippen molar-refractivity contribution in [3.05, 3.63) is 65.2 Å². The molecule has 2 atom stereocenters. The van der Waals surface area contributed by atoms with E-state index in [1.54, 1.807) is 18.6 Å². The summed E-state index contributed by atoms with van der Waals surface area (Å²) in [5, 5.41) is 5.27. The summed E-state index contributed by atoms with van der Waals surface area (Å²) < 4.78 is 21.4. The second-order valence-corrected chi connectivity index (χ2v) is 8.28. The van der Waals surface area contributed by atoms with Crippen LogP contribution in [0.15, 0.2) is 47.4 Å². The van der Waals surface area contributed by atoms with Gasteiger partial charge in [0.25, 0.3) is 5.56 Å². The molecule has 1 unspecified atom stereocenters. The van der Waals surface area contributed by atoms with E-state index >= 15 is 0 Å². The lowest BCUT2D eigenvalue weighted by molar-refractivity contribution is -0.127. The van der Waals surface area contributed by atoms with E-state index in [4.69, 9.17) is 10.5 Å². The van der Waals surface area contributed by atoms with Crippen LogP contribution in [0.1, 0.15) is 12.8 Å². The van der Waals surface area contributed by atoms with E-state index in [0.29, 0.717) is 5.69 Å². The number of amides is 3. The first-order valence-corrected chi connectivity index (χ1v) is 10.9. The smallest absolute Gasteiger partial charge is 0.255 e. The van der Waals surface area contributed by atoms with Crippen LogP contribution in [0.3, 0.4) is 0 Å². The third kappa shape index (κ3) is 5.86. The standard InChI is InChI=1S/C23H25FN5O5/c24-17-9-15(29-8-2-1-3-22(29)32)6-7-18(17)27-20(30)12-28-11-16(10-19(28)23(25)33)34-13-21(31)26-14-4-5-14/h1-3,6-10,14,16,19H,4-5,11-13H2,(H2,25,33)(H,26,31)(H,27,30)/t16-,19?/m0/s1. The number of hydrogen-bond acceptors (Lipinski definition) is 6. The van der Waals surface area contributed by atoms with Crippen LogP contribution in [0.2, 0.25) is 0 Å². The number of carbonyl (C=O) groups excluding carboxylic acids is 3. The normalized spacial score (nSPS) is 20.1. The molecule has 2 aromatic rings. The highest BCUT2D eigenvalue weighted by Gasteiger charge is 2.38. The van der Waals surface area contributed by atoms with Gasteiger partial charge >= 0.3 is 0 Å². The number of anilines is 1. The molecule has 1 aromatic heterocycles. The van der Waals surface area contributed by atoms with Crippen molar-refractivity contribution in [1.82, 2.24) is 14.8 Å². The number of carbonyl (C=O) groups is 3. The Kier molecular flexibility index (Phi) is 7.03. The van der Waals surface area contributed by atoms with Crippen molar-refractivity contribution < 1.29 is 23.5 Å². The Labute approximate surface area is 194 Å². The first-order valence-electron chi connectivity index (χ1n) is 10.9. The molecule has 0 bridgehead atoms. The van der Waals surface area contributed by atoms with E-state index in [9.17, 15) is 23.6 Å². The minimum absolute atomic E-state index is 0.0684. The number of hydrogen-bond donors (Lipinski definition) is 3. The van der Waals surface area contributed by atoms with Gasteiger partial charge in [-0.2, -0.15) is 0 Å². The summed E-state index contributed by atoms with van der Waals surface area (Å²) in [6.45, 7) is -0.223. The average molecular weight is 470 g/mol. The third-order valence-electron chi connectivity index (χ3n) is 5.54. The molecule has 10 nitrogen and oxygen atoms in total. The number of ether oxygens (including phenoxy) is 1. The summed E-state index contributed by atoms with van der Waals surface area (Å²) in [6.07, 6.45) is 4.42. The Morgan fingerprint density at radius 2 is 1.94 bits per heavy atom. The molecule has 3 amide bonds. The maximum atomic E-state index is 14.6. The third-order valence-corrected chi connectivity index (χ3v) is 5.54. The molecule has 1 saturated carbocycles. The van der Waals surface area contributed by atoms with Crippen LogP contribution in [0.4, 0.5) is 10.1 Å². The number of rotatable bonds is 9. The largest absolute Gasteiger partial charge is 0.368 e. The van der Waals surface area contributed by atoms with Crippen LogP contribution < -0.4 is 21.9 Å². The quantitative estimate of drug-likeness (QED) is 0.470. The molecule has 2 heterocycles. The van der Waals surface area contributed by atoms with Crippen molar-refractivity contribution in [3.63, 3.8) is 0 Å². The minimum atomic E-state index is -0.862. The number of nitrogens with zero attached hydrogens (tertiary/aromatic N) is 2. The molecule has 34 heavy (non-hydrogen) atoms. The maximum Gasteiger partial charge on any atom is 0.255 e. The highest BCUT2D eigenvalue weighted by Crippen LogP contribution is 2.22. The lowest BCUT2D eigenvalue weighted by Crippen LogP contribution is -2.44. The number of nitrogens with one attached hydrogen (secondary N) is 2. The molecule has 2 fully saturated rings. The van der Waals surface area contributed by atoms with E-state index in [1.807, 2.05) is 0 Å². The molecule has 4 rings (SSSR count). The molecule has 11 heteroatoms.